The SMILES string of the molecule is CC(C)Cc1cc2c(cc1Br)c1cc(Br)ccc1n2-c1ccc2ccccc2c1. The van der Waals surface area contributed by atoms with Crippen molar-refractivity contribution in [1.29, 1.82) is 0 Å². The smallest absolute Gasteiger partial charge is 0.0544 e. The van der Waals surface area contributed by atoms with Gasteiger partial charge in [0.1, 0.15) is 0 Å². The zero-order valence-corrected chi connectivity index (χ0v) is 19.6. The molecule has 0 saturated heterocycles. The van der Waals surface area contributed by atoms with Crippen LogP contribution < -0.4 is 0 Å². The van der Waals surface area contributed by atoms with Crippen LogP contribution in [0, 0.1) is 5.92 Å². The van der Waals surface area contributed by atoms with Crippen molar-refractivity contribution in [2.75, 3.05) is 0 Å². The average Bonchev–Trinajstić information content (AvgIpc) is 3.00. The van der Waals surface area contributed by atoms with Gasteiger partial charge in [-0.05, 0) is 71.1 Å². The van der Waals surface area contributed by atoms with Crippen LogP contribution >= 0.6 is 31.9 Å². The van der Waals surface area contributed by atoms with Gasteiger partial charge in [0, 0.05) is 25.4 Å². The zero-order chi connectivity index (χ0) is 20.1. The molecule has 5 aromatic rings. The number of hydrogen-bond acceptors (Lipinski definition) is 0. The Hall–Kier alpha value is -2.10. The molecule has 0 saturated carbocycles. The summed E-state index contributed by atoms with van der Waals surface area (Å²) in [6.45, 7) is 4.54. The van der Waals surface area contributed by atoms with Crippen molar-refractivity contribution in [3.63, 3.8) is 0 Å². The number of nitrogens with zero attached hydrogens (tertiary/aromatic N) is 1. The minimum atomic E-state index is 0.608. The van der Waals surface area contributed by atoms with Gasteiger partial charge >= 0.3 is 0 Å². The van der Waals surface area contributed by atoms with Crippen LogP contribution in [0.1, 0.15) is 19.4 Å². The second kappa shape index (κ2) is 7.30. The van der Waals surface area contributed by atoms with Gasteiger partial charge in [0.2, 0.25) is 0 Å². The van der Waals surface area contributed by atoms with E-state index in [1.807, 2.05) is 0 Å². The molecule has 1 heterocycles. The third-order valence-electron chi connectivity index (χ3n) is 5.51. The Morgan fingerprint density at radius 2 is 1.52 bits per heavy atom. The van der Waals surface area contributed by atoms with E-state index in [0.29, 0.717) is 5.92 Å². The van der Waals surface area contributed by atoms with Crippen LogP contribution in [0.15, 0.2) is 81.7 Å². The van der Waals surface area contributed by atoms with Crippen molar-refractivity contribution in [3.8, 4) is 5.69 Å². The molecule has 5 rings (SSSR count). The van der Waals surface area contributed by atoms with E-state index in [4.69, 9.17) is 0 Å². The van der Waals surface area contributed by atoms with Crippen LogP contribution in [-0.2, 0) is 6.42 Å². The molecule has 0 unspecified atom stereocenters. The monoisotopic (exact) mass is 505 g/mol. The lowest BCUT2D eigenvalue weighted by molar-refractivity contribution is 0.646. The quantitative estimate of drug-likeness (QED) is 0.230. The summed E-state index contributed by atoms with van der Waals surface area (Å²) in [4.78, 5) is 0. The fourth-order valence-corrected chi connectivity index (χ4v) is 5.11. The van der Waals surface area contributed by atoms with Gasteiger partial charge in [0.05, 0.1) is 11.0 Å². The van der Waals surface area contributed by atoms with Crippen molar-refractivity contribution < 1.29 is 0 Å². The normalized spacial score (nSPS) is 11.9. The van der Waals surface area contributed by atoms with Gasteiger partial charge < -0.3 is 4.57 Å². The van der Waals surface area contributed by atoms with E-state index in [2.05, 4.69) is 123 Å². The highest BCUT2D eigenvalue weighted by molar-refractivity contribution is 9.10. The number of aromatic nitrogens is 1. The van der Waals surface area contributed by atoms with E-state index in [0.717, 1.165) is 10.9 Å². The fourth-order valence-electron chi connectivity index (χ4n) is 4.24. The molecule has 0 fully saturated rings. The summed E-state index contributed by atoms with van der Waals surface area (Å²) in [5, 5.41) is 5.06. The van der Waals surface area contributed by atoms with E-state index in [9.17, 15) is 0 Å². The molecule has 0 bridgehead atoms. The molecule has 0 spiro atoms. The first kappa shape index (κ1) is 18.9. The van der Waals surface area contributed by atoms with E-state index in [1.54, 1.807) is 0 Å². The van der Waals surface area contributed by atoms with Gasteiger partial charge in [-0.2, -0.15) is 0 Å². The Morgan fingerprint density at radius 1 is 0.759 bits per heavy atom. The molecule has 1 aromatic heterocycles. The molecular weight excluding hydrogens is 486 g/mol. The van der Waals surface area contributed by atoms with Crippen LogP contribution in [0.2, 0.25) is 0 Å². The first-order valence-electron chi connectivity index (χ1n) is 9.92. The highest BCUT2D eigenvalue weighted by Gasteiger charge is 2.16. The standard InChI is InChI=1S/C26H21Br2N/c1-16(2)11-19-13-26-23(15-24(19)28)22-14-20(27)8-10-25(22)29(26)21-9-7-17-5-3-4-6-18(17)12-21/h3-10,12-16H,11H2,1-2H3. The molecule has 3 heteroatoms. The Morgan fingerprint density at radius 3 is 2.31 bits per heavy atom. The van der Waals surface area contributed by atoms with E-state index >= 15 is 0 Å². The fraction of sp³-hybridized carbons (Fsp3) is 0.154. The number of halogens is 2. The van der Waals surface area contributed by atoms with Crippen LogP contribution in [0.4, 0.5) is 0 Å². The van der Waals surface area contributed by atoms with Crippen LogP contribution in [-0.4, -0.2) is 4.57 Å². The largest absolute Gasteiger partial charge is 0.309 e. The number of fused-ring (bicyclic) bond motifs is 4. The van der Waals surface area contributed by atoms with Crippen molar-refractivity contribution >= 4 is 64.4 Å². The topological polar surface area (TPSA) is 4.93 Å². The first-order valence-corrected chi connectivity index (χ1v) is 11.5. The number of benzene rings is 4. The van der Waals surface area contributed by atoms with Gasteiger partial charge in [-0.3, -0.25) is 0 Å². The van der Waals surface area contributed by atoms with Crippen molar-refractivity contribution in [1.82, 2.24) is 4.57 Å². The molecule has 0 amide bonds. The third-order valence-corrected chi connectivity index (χ3v) is 6.75. The lowest BCUT2D eigenvalue weighted by atomic mass is 10.0. The zero-order valence-electron chi connectivity index (χ0n) is 16.4. The Bertz CT molecular complexity index is 1380. The Balaban J connectivity index is 1.87. The molecule has 144 valence electrons. The number of hydrogen-bond donors (Lipinski definition) is 0. The molecule has 0 atom stereocenters. The molecule has 0 aliphatic carbocycles. The highest BCUT2D eigenvalue weighted by atomic mass is 79.9. The van der Waals surface area contributed by atoms with Crippen molar-refractivity contribution in [2.45, 2.75) is 20.3 Å². The summed E-state index contributed by atoms with van der Waals surface area (Å²) in [6.07, 6.45) is 1.06. The summed E-state index contributed by atoms with van der Waals surface area (Å²) in [6, 6.07) is 26.5. The summed E-state index contributed by atoms with van der Waals surface area (Å²) in [5.74, 6) is 0.608. The second-order valence-electron chi connectivity index (χ2n) is 8.09. The van der Waals surface area contributed by atoms with Gasteiger partial charge in [-0.25, -0.2) is 0 Å². The highest BCUT2D eigenvalue weighted by Crippen LogP contribution is 2.37. The second-order valence-corrected chi connectivity index (χ2v) is 9.86. The molecule has 4 aromatic carbocycles. The van der Waals surface area contributed by atoms with E-state index in [1.165, 1.54) is 48.3 Å². The molecule has 0 aliphatic heterocycles. The minimum Gasteiger partial charge on any atom is -0.309 e. The molecule has 0 N–H and O–H groups in total. The molecule has 1 nitrogen and oxygen atoms in total. The molecule has 0 radical (unpaired) electrons. The predicted molar refractivity (Wildman–Crippen MR) is 132 cm³/mol. The molecular formula is C26H21Br2N. The summed E-state index contributed by atoms with van der Waals surface area (Å²) in [7, 11) is 0. The van der Waals surface area contributed by atoms with Crippen LogP contribution in [0.3, 0.4) is 0 Å². The maximum Gasteiger partial charge on any atom is 0.0544 e. The van der Waals surface area contributed by atoms with E-state index < -0.39 is 0 Å². The summed E-state index contributed by atoms with van der Waals surface area (Å²) in [5.41, 5.74) is 5.04. The molecule has 0 aliphatic rings. The van der Waals surface area contributed by atoms with Gasteiger partial charge in [-0.1, -0.05) is 76.0 Å². The lowest BCUT2D eigenvalue weighted by Crippen LogP contribution is -1.98. The third kappa shape index (κ3) is 3.31. The summed E-state index contributed by atoms with van der Waals surface area (Å²) >= 11 is 7.49. The maximum atomic E-state index is 3.83. The van der Waals surface area contributed by atoms with Crippen LogP contribution in [0.5, 0.6) is 0 Å². The number of rotatable bonds is 3. The van der Waals surface area contributed by atoms with Crippen LogP contribution in [0.25, 0.3) is 38.3 Å². The van der Waals surface area contributed by atoms with Gasteiger partial charge in [-0.15, -0.1) is 0 Å². The lowest BCUT2D eigenvalue weighted by Gasteiger charge is -2.12. The summed E-state index contributed by atoms with van der Waals surface area (Å²) < 4.78 is 4.70. The molecule has 29 heavy (non-hydrogen) atoms. The average molecular weight is 507 g/mol. The van der Waals surface area contributed by atoms with Gasteiger partial charge in [0.25, 0.3) is 0 Å². The van der Waals surface area contributed by atoms with Crippen molar-refractivity contribution in [2.24, 2.45) is 5.92 Å². The maximum absolute atomic E-state index is 3.83. The predicted octanol–water partition coefficient (Wildman–Crippen LogP) is 8.66. The first-order chi connectivity index (χ1) is 14.0. The Labute approximate surface area is 187 Å². The minimum absolute atomic E-state index is 0.608. The van der Waals surface area contributed by atoms with Gasteiger partial charge in [0.15, 0.2) is 0 Å². The Kier molecular flexibility index (Phi) is 4.76. The van der Waals surface area contributed by atoms with E-state index in [-0.39, 0.29) is 0 Å². The van der Waals surface area contributed by atoms with Crippen molar-refractivity contribution in [3.05, 3.63) is 87.3 Å².